The number of hydrogen-bond donors (Lipinski definition) is 2. The number of amides is 1. The maximum atomic E-state index is 12.5. The molecule has 2 aromatic rings. The van der Waals surface area contributed by atoms with Crippen molar-refractivity contribution in [3.63, 3.8) is 0 Å². The van der Waals surface area contributed by atoms with Gasteiger partial charge in [0.15, 0.2) is 0 Å². The van der Waals surface area contributed by atoms with E-state index >= 15 is 0 Å². The van der Waals surface area contributed by atoms with Crippen LogP contribution in [0.5, 0.6) is 0 Å². The van der Waals surface area contributed by atoms with Crippen LogP contribution in [0.2, 0.25) is 0 Å². The normalized spacial score (nSPS) is 20.8. The average Bonchev–Trinajstić information content (AvgIpc) is 3.33. The third kappa shape index (κ3) is 3.61. The van der Waals surface area contributed by atoms with Crippen molar-refractivity contribution in [1.29, 1.82) is 0 Å². The molecule has 1 aromatic heterocycles. The van der Waals surface area contributed by atoms with E-state index < -0.39 is 0 Å². The van der Waals surface area contributed by atoms with Gasteiger partial charge in [-0.1, -0.05) is 24.3 Å². The number of carbonyl (C=O) groups excluding carboxylic acids is 1. The van der Waals surface area contributed by atoms with Crippen LogP contribution in [-0.2, 0) is 24.2 Å². The van der Waals surface area contributed by atoms with Crippen LogP contribution in [0.4, 0.5) is 0 Å². The van der Waals surface area contributed by atoms with E-state index in [1.54, 1.807) is 6.33 Å². The minimum atomic E-state index is 0.113. The molecule has 5 heteroatoms. The first-order valence-corrected chi connectivity index (χ1v) is 9.24. The summed E-state index contributed by atoms with van der Waals surface area (Å²) in [6, 6.07) is 8.42. The molecule has 2 heterocycles. The molecule has 1 aliphatic heterocycles. The van der Waals surface area contributed by atoms with E-state index in [1.807, 2.05) is 0 Å². The Labute approximate surface area is 148 Å². The number of fused-ring (bicyclic) bond motifs is 1. The monoisotopic (exact) mass is 338 g/mol. The van der Waals surface area contributed by atoms with Crippen molar-refractivity contribution in [3.8, 4) is 0 Å². The summed E-state index contributed by atoms with van der Waals surface area (Å²) in [5.74, 6) is 0.881. The standard InChI is InChI=1S/C20H26N4O/c1-14-19(23-13-22-14)12-24-7-6-15(11-24)10-21-20(25)18-8-16-4-2-3-5-17(16)9-18/h2-5,13,15,18H,6-12H2,1H3,(H,21,25)(H,22,23). The number of aromatic amines is 1. The molecule has 132 valence electrons. The molecule has 0 saturated carbocycles. The Bertz CT molecular complexity index is 729. The average molecular weight is 338 g/mol. The van der Waals surface area contributed by atoms with Crippen LogP contribution in [0.3, 0.4) is 0 Å². The van der Waals surface area contributed by atoms with Crippen LogP contribution >= 0.6 is 0 Å². The molecule has 5 nitrogen and oxygen atoms in total. The minimum absolute atomic E-state index is 0.113. The first-order chi connectivity index (χ1) is 12.2. The van der Waals surface area contributed by atoms with Gasteiger partial charge in [0, 0.05) is 31.2 Å². The molecular weight excluding hydrogens is 312 g/mol. The molecule has 1 aromatic carbocycles. The minimum Gasteiger partial charge on any atom is -0.356 e. The second-order valence-electron chi connectivity index (χ2n) is 7.48. The Morgan fingerprint density at radius 1 is 1.32 bits per heavy atom. The number of imidazole rings is 1. The van der Waals surface area contributed by atoms with Gasteiger partial charge in [-0.15, -0.1) is 0 Å². The van der Waals surface area contributed by atoms with Gasteiger partial charge in [0.05, 0.1) is 12.0 Å². The quantitative estimate of drug-likeness (QED) is 0.877. The Hall–Kier alpha value is -2.14. The third-order valence-electron chi connectivity index (χ3n) is 5.66. The van der Waals surface area contributed by atoms with E-state index in [4.69, 9.17) is 0 Å². The Balaban J connectivity index is 1.23. The molecule has 2 N–H and O–H groups in total. The summed E-state index contributed by atoms with van der Waals surface area (Å²) in [6.07, 6.45) is 4.68. The zero-order valence-corrected chi connectivity index (χ0v) is 14.8. The fraction of sp³-hybridized carbons (Fsp3) is 0.500. The number of aromatic nitrogens is 2. The van der Waals surface area contributed by atoms with Crippen LogP contribution in [0, 0.1) is 18.8 Å². The van der Waals surface area contributed by atoms with Crippen molar-refractivity contribution in [2.75, 3.05) is 19.6 Å². The fourth-order valence-corrected chi connectivity index (χ4v) is 4.11. The second kappa shape index (κ2) is 7.00. The maximum Gasteiger partial charge on any atom is 0.223 e. The predicted molar refractivity (Wildman–Crippen MR) is 97.1 cm³/mol. The maximum absolute atomic E-state index is 12.5. The van der Waals surface area contributed by atoms with Crippen LogP contribution in [0.1, 0.15) is 28.9 Å². The van der Waals surface area contributed by atoms with E-state index in [0.717, 1.165) is 56.8 Å². The first-order valence-electron chi connectivity index (χ1n) is 9.24. The van der Waals surface area contributed by atoms with Crippen molar-refractivity contribution in [1.82, 2.24) is 20.2 Å². The van der Waals surface area contributed by atoms with Crippen molar-refractivity contribution in [2.24, 2.45) is 11.8 Å². The molecule has 2 aliphatic rings. The number of nitrogens with one attached hydrogen (secondary N) is 2. The molecular formula is C20H26N4O. The number of aryl methyl sites for hydroxylation is 1. The van der Waals surface area contributed by atoms with E-state index in [-0.39, 0.29) is 11.8 Å². The highest BCUT2D eigenvalue weighted by molar-refractivity contribution is 5.80. The van der Waals surface area contributed by atoms with E-state index in [0.29, 0.717) is 5.92 Å². The largest absolute Gasteiger partial charge is 0.356 e. The number of likely N-dealkylation sites (tertiary alicyclic amines) is 1. The molecule has 4 rings (SSSR count). The summed E-state index contributed by atoms with van der Waals surface area (Å²) >= 11 is 0. The van der Waals surface area contributed by atoms with Crippen LogP contribution in [0.25, 0.3) is 0 Å². The lowest BCUT2D eigenvalue weighted by Crippen LogP contribution is -2.35. The SMILES string of the molecule is Cc1[nH]cnc1CN1CCC(CNC(=O)C2Cc3ccccc3C2)C1. The van der Waals surface area contributed by atoms with Gasteiger partial charge >= 0.3 is 0 Å². The smallest absolute Gasteiger partial charge is 0.223 e. The third-order valence-corrected chi connectivity index (χ3v) is 5.66. The summed E-state index contributed by atoms with van der Waals surface area (Å²) in [7, 11) is 0. The van der Waals surface area contributed by atoms with Gasteiger partial charge in [0.2, 0.25) is 5.91 Å². The van der Waals surface area contributed by atoms with Gasteiger partial charge in [0.25, 0.3) is 0 Å². The molecule has 1 saturated heterocycles. The molecule has 25 heavy (non-hydrogen) atoms. The van der Waals surface area contributed by atoms with Crippen LogP contribution in [0.15, 0.2) is 30.6 Å². The van der Waals surface area contributed by atoms with Crippen LogP contribution < -0.4 is 5.32 Å². The summed E-state index contributed by atoms with van der Waals surface area (Å²) in [5.41, 5.74) is 4.96. The highest BCUT2D eigenvalue weighted by atomic mass is 16.1. The van der Waals surface area contributed by atoms with Crippen molar-refractivity contribution in [2.45, 2.75) is 32.7 Å². The predicted octanol–water partition coefficient (Wildman–Crippen LogP) is 2.07. The van der Waals surface area contributed by atoms with Crippen LogP contribution in [-0.4, -0.2) is 40.4 Å². The lowest BCUT2D eigenvalue weighted by molar-refractivity contribution is -0.124. The Morgan fingerprint density at radius 3 is 2.76 bits per heavy atom. The molecule has 1 atom stereocenters. The molecule has 1 unspecified atom stereocenters. The highest BCUT2D eigenvalue weighted by Crippen LogP contribution is 2.26. The zero-order valence-electron chi connectivity index (χ0n) is 14.8. The molecule has 0 spiro atoms. The number of H-pyrrole nitrogens is 1. The van der Waals surface area contributed by atoms with Crippen molar-refractivity contribution in [3.05, 3.63) is 53.1 Å². The number of hydrogen-bond acceptors (Lipinski definition) is 3. The number of benzene rings is 1. The lowest BCUT2D eigenvalue weighted by Gasteiger charge is -2.16. The summed E-state index contributed by atoms with van der Waals surface area (Å²) in [6.45, 7) is 5.88. The second-order valence-corrected chi connectivity index (χ2v) is 7.48. The molecule has 0 radical (unpaired) electrons. The molecule has 1 fully saturated rings. The zero-order chi connectivity index (χ0) is 17.2. The number of rotatable bonds is 5. The Morgan fingerprint density at radius 2 is 2.08 bits per heavy atom. The summed E-state index contributed by atoms with van der Waals surface area (Å²) < 4.78 is 0. The first kappa shape index (κ1) is 16.3. The van der Waals surface area contributed by atoms with Crippen molar-refractivity contribution < 1.29 is 4.79 Å². The van der Waals surface area contributed by atoms with Gasteiger partial charge in [0.1, 0.15) is 0 Å². The molecule has 1 aliphatic carbocycles. The topological polar surface area (TPSA) is 61.0 Å². The number of carbonyl (C=O) groups is 1. The van der Waals surface area contributed by atoms with Crippen molar-refractivity contribution >= 4 is 5.91 Å². The molecule has 1 amide bonds. The summed E-state index contributed by atoms with van der Waals surface area (Å²) in [5, 5.41) is 3.20. The van der Waals surface area contributed by atoms with E-state index in [9.17, 15) is 4.79 Å². The Kier molecular flexibility index (Phi) is 4.57. The fourth-order valence-electron chi connectivity index (χ4n) is 4.11. The lowest BCUT2D eigenvalue weighted by atomic mass is 10.0. The number of nitrogens with zero attached hydrogens (tertiary/aromatic N) is 2. The van der Waals surface area contributed by atoms with Gasteiger partial charge in [-0.2, -0.15) is 0 Å². The van der Waals surface area contributed by atoms with Gasteiger partial charge in [-0.25, -0.2) is 4.98 Å². The van der Waals surface area contributed by atoms with Gasteiger partial charge in [-0.05, 0) is 49.8 Å². The van der Waals surface area contributed by atoms with E-state index in [1.165, 1.54) is 11.1 Å². The van der Waals surface area contributed by atoms with Gasteiger partial charge < -0.3 is 10.3 Å². The van der Waals surface area contributed by atoms with Gasteiger partial charge in [-0.3, -0.25) is 9.69 Å². The van der Waals surface area contributed by atoms with E-state index in [2.05, 4.69) is 51.4 Å². The summed E-state index contributed by atoms with van der Waals surface area (Å²) in [4.78, 5) is 22.5. The molecule has 0 bridgehead atoms. The highest BCUT2D eigenvalue weighted by Gasteiger charge is 2.28.